The molecule has 0 aliphatic rings. The van der Waals surface area contributed by atoms with Crippen LogP contribution in [0.5, 0.6) is 0 Å². The average Bonchev–Trinajstić information content (AvgIpc) is 3.22. The summed E-state index contributed by atoms with van der Waals surface area (Å²) < 4.78 is 14.7. The lowest BCUT2D eigenvalue weighted by atomic mass is 10.1. The lowest BCUT2D eigenvalue weighted by Crippen LogP contribution is -2.39. The molecule has 0 spiro atoms. The summed E-state index contributed by atoms with van der Waals surface area (Å²) in [7, 11) is 1.76. The number of nitrogens with one attached hydrogen (secondary N) is 1. The molecule has 0 aliphatic carbocycles. The van der Waals surface area contributed by atoms with Gasteiger partial charge < -0.3 is 10.2 Å². The topological polar surface area (TPSA) is 50.2 Å². The van der Waals surface area contributed by atoms with Gasteiger partial charge in [0, 0.05) is 32.5 Å². The van der Waals surface area contributed by atoms with Crippen molar-refractivity contribution in [2.24, 2.45) is 0 Å². The number of rotatable bonds is 7. The Morgan fingerprint density at radius 2 is 1.74 bits per heavy atom. The van der Waals surface area contributed by atoms with E-state index < -0.39 is 0 Å². The van der Waals surface area contributed by atoms with Gasteiger partial charge in [-0.15, -0.1) is 0 Å². The molecule has 0 fully saturated rings. The average molecular weight is 366 g/mol. The van der Waals surface area contributed by atoms with Crippen molar-refractivity contribution in [3.05, 3.63) is 83.9 Å². The monoisotopic (exact) mass is 366 g/mol. The molecular weight excluding hydrogens is 343 g/mol. The molecule has 3 aromatic rings. The Kier molecular flexibility index (Phi) is 6.20. The smallest absolute Gasteiger partial charge is 0.317 e. The quantitative estimate of drug-likeness (QED) is 0.696. The second kappa shape index (κ2) is 8.98. The van der Waals surface area contributed by atoms with Gasteiger partial charge in [0.2, 0.25) is 0 Å². The highest BCUT2D eigenvalue weighted by atomic mass is 19.1. The molecule has 0 saturated heterocycles. The van der Waals surface area contributed by atoms with Crippen LogP contribution in [-0.4, -0.2) is 40.8 Å². The van der Waals surface area contributed by atoms with Gasteiger partial charge in [0.05, 0.1) is 5.69 Å². The maximum absolute atomic E-state index is 12.9. The van der Waals surface area contributed by atoms with E-state index in [1.807, 2.05) is 41.2 Å². The van der Waals surface area contributed by atoms with Gasteiger partial charge >= 0.3 is 6.03 Å². The first-order valence-corrected chi connectivity index (χ1v) is 8.94. The molecule has 3 rings (SSSR count). The second-order valence-electron chi connectivity index (χ2n) is 6.40. The first-order chi connectivity index (χ1) is 13.1. The van der Waals surface area contributed by atoms with Crippen LogP contribution in [0.3, 0.4) is 0 Å². The van der Waals surface area contributed by atoms with E-state index in [0.717, 1.165) is 23.2 Å². The van der Waals surface area contributed by atoms with Crippen molar-refractivity contribution in [2.45, 2.75) is 12.8 Å². The van der Waals surface area contributed by atoms with E-state index in [2.05, 4.69) is 10.4 Å². The van der Waals surface area contributed by atoms with Gasteiger partial charge in [-0.3, -0.25) is 0 Å². The molecule has 0 bridgehead atoms. The fraction of sp³-hybridized carbons (Fsp3) is 0.238. The number of amides is 2. The Morgan fingerprint density at radius 1 is 1.07 bits per heavy atom. The van der Waals surface area contributed by atoms with E-state index >= 15 is 0 Å². The van der Waals surface area contributed by atoms with Crippen molar-refractivity contribution >= 4 is 6.03 Å². The Hall–Kier alpha value is -3.15. The third kappa shape index (κ3) is 5.41. The number of likely N-dealkylation sites (N-methyl/N-ethyl adjacent to an activating group) is 1. The van der Waals surface area contributed by atoms with Gasteiger partial charge in [0.15, 0.2) is 0 Å². The van der Waals surface area contributed by atoms with Crippen molar-refractivity contribution in [2.75, 3.05) is 20.1 Å². The molecule has 2 amide bonds. The normalized spacial score (nSPS) is 10.6. The number of hydrogen-bond acceptors (Lipinski definition) is 2. The minimum absolute atomic E-state index is 0.106. The van der Waals surface area contributed by atoms with Crippen LogP contribution >= 0.6 is 0 Å². The predicted molar refractivity (Wildman–Crippen MR) is 103 cm³/mol. The van der Waals surface area contributed by atoms with Crippen LogP contribution in [0.4, 0.5) is 9.18 Å². The molecule has 1 heterocycles. The molecule has 0 radical (unpaired) electrons. The van der Waals surface area contributed by atoms with Crippen LogP contribution in [0.15, 0.2) is 67.0 Å². The maximum atomic E-state index is 12.9. The van der Waals surface area contributed by atoms with Crippen LogP contribution in [0.1, 0.15) is 11.1 Å². The molecule has 0 aliphatic heterocycles. The van der Waals surface area contributed by atoms with E-state index in [9.17, 15) is 9.18 Å². The van der Waals surface area contributed by atoms with Crippen LogP contribution in [-0.2, 0) is 12.8 Å². The Morgan fingerprint density at radius 3 is 2.41 bits per heavy atom. The zero-order valence-corrected chi connectivity index (χ0v) is 15.3. The SMILES string of the molecule is CN(CCc1ccc(F)cc1)C(=O)NCCc1ccc(-n2cccn2)cc1. The highest BCUT2D eigenvalue weighted by molar-refractivity contribution is 5.73. The van der Waals surface area contributed by atoms with E-state index in [1.165, 1.54) is 12.1 Å². The number of halogens is 1. The van der Waals surface area contributed by atoms with Gasteiger partial charge in [-0.05, 0) is 54.3 Å². The van der Waals surface area contributed by atoms with Gasteiger partial charge in [0.1, 0.15) is 5.82 Å². The van der Waals surface area contributed by atoms with Crippen molar-refractivity contribution in [3.63, 3.8) is 0 Å². The summed E-state index contributed by atoms with van der Waals surface area (Å²) >= 11 is 0. The Labute approximate surface area is 158 Å². The fourth-order valence-electron chi connectivity index (χ4n) is 2.74. The molecule has 140 valence electrons. The summed E-state index contributed by atoms with van der Waals surface area (Å²) in [5.74, 6) is -0.248. The molecule has 1 aromatic heterocycles. The molecule has 6 heteroatoms. The number of carbonyl (C=O) groups is 1. The standard InChI is InChI=1S/C21H23FN4O/c1-25(16-12-18-3-7-19(22)8-4-18)21(27)23-14-11-17-5-9-20(10-6-17)26-15-2-13-24-26/h2-10,13,15H,11-12,14,16H2,1H3,(H,23,27). The predicted octanol–water partition coefficient (Wildman–Crippen LogP) is 3.44. The van der Waals surface area contributed by atoms with Crippen LogP contribution in [0.25, 0.3) is 5.69 Å². The second-order valence-corrected chi connectivity index (χ2v) is 6.40. The number of urea groups is 1. The summed E-state index contributed by atoms with van der Waals surface area (Å²) in [5.41, 5.74) is 3.17. The third-order valence-corrected chi connectivity index (χ3v) is 4.39. The van der Waals surface area contributed by atoms with Crippen molar-refractivity contribution < 1.29 is 9.18 Å². The van der Waals surface area contributed by atoms with Crippen LogP contribution < -0.4 is 5.32 Å². The molecule has 1 N–H and O–H groups in total. The third-order valence-electron chi connectivity index (χ3n) is 4.39. The Balaban J connectivity index is 1.40. The summed E-state index contributed by atoms with van der Waals surface area (Å²) in [5, 5.41) is 7.13. The van der Waals surface area contributed by atoms with Gasteiger partial charge in [-0.1, -0.05) is 24.3 Å². The minimum Gasteiger partial charge on any atom is -0.338 e. The first-order valence-electron chi connectivity index (χ1n) is 8.94. The van der Waals surface area contributed by atoms with E-state index in [1.54, 1.807) is 30.3 Å². The van der Waals surface area contributed by atoms with Gasteiger partial charge in [-0.2, -0.15) is 5.10 Å². The first kappa shape index (κ1) is 18.6. The number of benzene rings is 2. The number of aromatic nitrogens is 2. The fourth-order valence-corrected chi connectivity index (χ4v) is 2.74. The van der Waals surface area contributed by atoms with Gasteiger partial charge in [0.25, 0.3) is 0 Å². The molecule has 27 heavy (non-hydrogen) atoms. The lowest BCUT2D eigenvalue weighted by molar-refractivity contribution is 0.209. The van der Waals surface area contributed by atoms with E-state index in [-0.39, 0.29) is 11.8 Å². The molecule has 0 unspecified atom stereocenters. The number of nitrogens with zero attached hydrogens (tertiary/aromatic N) is 3. The largest absolute Gasteiger partial charge is 0.338 e. The molecular formula is C21H23FN4O. The summed E-state index contributed by atoms with van der Waals surface area (Å²) in [6, 6.07) is 16.3. The zero-order chi connectivity index (χ0) is 19.1. The zero-order valence-electron chi connectivity index (χ0n) is 15.3. The number of carbonyl (C=O) groups excluding carboxylic acids is 1. The minimum atomic E-state index is -0.248. The lowest BCUT2D eigenvalue weighted by Gasteiger charge is -2.18. The molecule has 2 aromatic carbocycles. The van der Waals surface area contributed by atoms with Crippen LogP contribution in [0.2, 0.25) is 0 Å². The highest BCUT2D eigenvalue weighted by Gasteiger charge is 2.08. The van der Waals surface area contributed by atoms with Crippen molar-refractivity contribution in [1.82, 2.24) is 20.0 Å². The molecule has 5 nitrogen and oxygen atoms in total. The summed E-state index contributed by atoms with van der Waals surface area (Å²) in [6.07, 6.45) is 5.10. The van der Waals surface area contributed by atoms with Crippen LogP contribution in [0, 0.1) is 5.82 Å². The van der Waals surface area contributed by atoms with Gasteiger partial charge in [-0.25, -0.2) is 13.9 Å². The summed E-state index contributed by atoms with van der Waals surface area (Å²) in [6.45, 7) is 1.15. The highest BCUT2D eigenvalue weighted by Crippen LogP contribution is 2.09. The van der Waals surface area contributed by atoms with E-state index in [4.69, 9.17) is 0 Å². The summed E-state index contributed by atoms with van der Waals surface area (Å²) in [4.78, 5) is 13.8. The van der Waals surface area contributed by atoms with Crippen molar-refractivity contribution in [1.29, 1.82) is 0 Å². The van der Waals surface area contributed by atoms with E-state index in [0.29, 0.717) is 19.5 Å². The number of hydrogen-bond donors (Lipinski definition) is 1. The molecule has 0 saturated carbocycles. The van der Waals surface area contributed by atoms with Crippen molar-refractivity contribution in [3.8, 4) is 5.69 Å². The molecule has 0 atom stereocenters. The Bertz CT molecular complexity index is 845. The maximum Gasteiger partial charge on any atom is 0.317 e.